The summed E-state index contributed by atoms with van der Waals surface area (Å²) in [6, 6.07) is 3.31. The van der Waals surface area contributed by atoms with Crippen molar-refractivity contribution < 1.29 is 14.3 Å². The lowest BCUT2D eigenvalue weighted by Crippen LogP contribution is -2.09. The van der Waals surface area contributed by atoms with Crippen LogP contribution in [0.3, 0.4) is 0 Å². The molecule has 0 saturated carbocycles. The minimum atomic E-state index is -0.132. The van der Waals surface area contributed by atoms with Crippen molar-refractivity contribution in [1.29, 1.82) is 0 Å². The van der Waals surface area contributed by atoms with E-state index in [0.29, 0.717) is 21.5 Å². The summed E-state index contributed by atoms with van der Waals surface area (Å²) in [4.78, 5) is 10.7. The summed E-state index contributed by atoms with van der Waals surface area (Å²) in [5.41, 5.74) is 0.530. The highest BCUT2D eigenvalue weighted by atomic mass is 79.9. The number of carbonyl (C=O) groups excluding carboxylic acids is 1. The third kappa shape index (κ3) is 2.85. The second-order valence-electron chi connectivity index (χ2n) is 3.21. The van der Waals surface area contributed by atoms with Gasteiger partial charge in [0, 0.05) is 5.56 Å². The van der Waals surface area contributed by atoms with Crippen LogP contribution < -0.4 is 9.47 Å². The van der Waals surface area contributed by atoms with E-state index < -0.39 is 0 Å². The van der Waals surface area contributed by atoms with Gasteiger partial charge in [-0.15, -0.1) is 0 Å². The molecule has 1 aromatic carbocycles. The molecule has 1 atom stereocenters. The Hall–Kier alpha value is -1.29. The molecule has 0 amide bonds. The first-order valence-electron chi connectivity index (χ1n) is 4.74. The Balaban J connectivity index is 3.15. The zero-order valence-corrected chi connectivity index (χ0v) is 10.8. The van der Waals surface area contributed by atoms with Crippen LogP contribution in [0.5, 0.6) is 11.5 Å². The van der Waals surface area contributed by atoms with E-state index in [0.717, 1.165) is 6.29 Å². The van der Waals surface area contributed by atoms with E-state index in [4.69, 9.17) is 9.47 Å². The molecule has 0 aliphatic carbocycles. The number of benzene rings is 1. The molecular formula is C12H13BrO3. The van der Waals surface area contributed by atoms with Gasteiger partial charge in [-0.25, -0.2) is 0 Å². The van der Waals surface area contributed by atoms with Crippen LogP contribution in [0.2, 0.25) is 0 Å². The Labute approximate surface area is 103 Å². The van der Waals surface area contributed by atoms with Gasteiger partial charge >= 0.3 is 0 Å². The Bertz CT molecular complexity index is 401. The standard InChI is InChI=1S/C12H13BrO3/c1-4-8(2)16-12-10(13)5-9(7-14)6-11(12)15-3/h4-8H,1H2,2-3H3. The van der Waals surface area contributed by atoms with Crippen molar-refractivity contribution in [3.05, 3.63) is 34.8 Å². The lowest BCUT2D eigenvalue weighted by atomic mass is 10.2. The molecule has 1 unspecified atom stereocenters. The van der Waals surface area contributed by atoms with E-state index >= 15 is 0 Å². The first-order valence-corrected chi connectivity index (χ1v) is 5.53. The van der Waals surface area contributed by atoms with Gasteiger partial charge in [0.1, 0.15) is 12.4 Å². The third-order valence-corrected chi connectivity index (χ3v) is 2.61. The Morgan fingerprint density at radius 1 is 1.50 bits per heavy atom. The van der Waals surface area contributed by atoms with Crippen LogP contribution >= 0.6 is 15.9 Å². The largest absolute Gasteiger partial charge is 0.493 e. The first-order chi connectivity index (χ1) is 7.62. The Morgan fingerprint density at radius 3 is 2.69 bits per heavy atom. The highest BCUT2D eigenvalue weighted by molar-refractivity contribution is 9.10. The number of aldehydes is 1. The SMILES string of the molecule is C=CC(C)Oc1c(Br)cc(C=O)cc1OC. The highest BCUT2D eigenvalue weighted by Gasteiger charge is 2.13. The van der Waals surface area contributed by atoms with Gasteiger partial charge in [0.2, 0.25) is 0 Å². The number of hydrogen-bond acceptors (Lipinski definition) is 3. The molecule has 0 heterocycles. The van der Waals surface area contributed by atoms with Crippen LogP contribution in [0.4, 0.5) is 0 Å². The average molecular weight is 285 g/mol. The average Bonchev–Trinajstić information content (AvgIpc) is 2.30. The lowest BCUT2D eigenvalue weighted by molar-refractivity contribution is 0.112. The molecule has 1 rings (SSSR count). The van der Waals surface area contributed by atoms with Gasteiger partial charge in [-0.05, 0) is 35.0 Å². The van der Waals surface area contributed by atoms with Crippen molar-refractivity contribution in [3.63, 3.8) is 0 Å². The number of ether oxygens (including phenoxy) is 2. The number of halogens is 1. The van der Waals surface area contributed by atoms with Crippen molar-refractivity contribution >= 4 is 22.2 Å². The van der Waals surface area contributed by atoms with E-state index in [1.165, 1.54) is 7.11 Å². The lowest BCUT2D eigenvalue weighted by Gasteiger charge is -2.15. The van der Waals surface area contributed by atoms with Gasteiger partial charge in [0.25, 0.3) is 0 Å². The van der Waals surface area contributed by atoms with E-state index in [9.17, 15) is 4.79 Å². The maximum absolute atomic E-state index is 10.7. The van der Waals surface area contributed by atoms with Gasteiger partial charge in [-0.1, -0.05) is 12.7 Å². The minimum Gasteiger partial charge on any atom is -0.493 e. The normalized spacial score (nSPS) is 11.7. The van der Waals surface area contributed by atoms with Gasteiger partial charge in [-0.2, -0.15) is 0 Å². The van der Waals surface area contributed by atoms with E-state index in [2.05, 4.69) is 22.5 Å². The highest BCUT2D eigenvalue weighted by Crippen LogP contribution is 2.36. The summed E-state index contributed by atoms with van der Waals surface area (Å²) in [7, 11) is 1.53. The van der Waals surface area contributed by atoms with Crippen LogP contribution in [0.1, 0.15) is 17.3 Å². The molecule has 4 heteroatoms. The van der Waals surface area contributed by atoms with Crippen molar-refractivity contribution in [3.8, 4) is 11.5 Å². The van der Waals surface area contributed by atoms with Gasteiger partial charge in [0.15, 0.2) is 11.5 Å². The van der Waals surface area contributed by atoms with E-state index in [1.807, 2.05) is 6.92 Å². The maximum atomic E-state index is 10.7. The summed E-state index contributed by atoms with van der Waals surface area (Å²) in [6.07, 6.45) is 2.31. The van der Waals surface area contributed by atoms with Crippen molar-refractivity contribution in [2.24, 2.45) is 0 Å². The summed E-state index contributed by atoms with van der Waals surface area (Å²) >= 11 is 3.34. The molecule has 0 aliphatic rings. The second kappa shape index (κ2) is 5.70. The fourth-order valence-corrected chi connectivity index (χ4v) is 1.71. The molecule has 0 radical (unpaired) electrons. The number of carbonyl (C=O) groups is 1. The van der Waals surface area contributed by atoms with Crippen LogP contribution in [0.15, 0.2) is 29.3 Å². The number of rotatable bonds is 5. The van der Waals surface area contributed by atoms with E-state index in [1.54, 1.807) is 18.2 Å². The molecule has 0 aliphatic heterocycles. The summed E-state index contributed by atoms with van der Waals surface area (Å²) < 4.78 is 11.5. The molecule has 1 aromatic rings. The van der Waals surface area contributed by atoms with Crippen LogP contribution in [-0.4, -0.2) is 19.5 Å². The molecule has 86 valence electrons. The molecule has 0 spiro atoms. The number of hydrogen-bond donors (Lipinski definition) is 0. The fourth-order valence-electron chi connectivity index (χ4n) is 1.16. The Morgan fingerprint density at radius 2 is 2.19 bits per heavy atom. The van der Waals surface area contributed by atoms with Crippen molar-refractivity contribution in [2.45, 2.75) is 13.0 Å². The number of methoxy groups -OCH3 is 1. The molecule has 16 heavy (non-hydrogen) atoms. The smallest absolute Gasteiger partial charge is 0.176 e. The molecule has 0 bridgehead atoms. The van der Waals surface area contributed by atoms with Crippen LogP contribution in [0.25, 0.3) is 0 Å². The van der Waals surface area contributed by atoms with Gasteiger partial charge in [-0.3, -0.25) is 4.79 Å². The minimum absolute atomic E-state index is 0.132. The van der Waals surface area contributed by atoms with E-state index in [-0.39, 0.29) is 6.10 Å². The zero-order chi connectivity index (χ0) is 12.1. The molecule has 0 fully saturated rings. The predicted molar refractivity (Wildman–Crippen MR) is 66.4 cm³/mol. The molecule has 3 nitrogen and oxygen atoms in total. The van der Waals surface area contributed by atoms with Gasteiger partial charge in [0.05, 0.1) is 11.6 Å². The first kappa shape index (κ1) is 12.8. The molecule has 0 N–H and O–H groups in total. The van der Waals surface area contributed by atoms with Crippen LogP contribution in [0, 0.1) is 0 Å². The maximum Gasteiger partial charge on any atom is 0.176 e. The topological polar surface area (TPSA) is 35.5 Å². The monoisotopic (exact) mass is 284 g/mol. The van der Waals surface area contributed by atoms with Gasteiger partial charge < -0.3 is 9.47 Å². The predicted octanol–water partition coefficient (Wildman–Crippen LogP) is 3.22. The van der Waals surface area contributed by atoms with Crippen LogP contribution in [-0.2, 0) is 0 Å². The third-order valence-electron chi connectivity index (χ3n) is 2.02. The van der Waals surface area contributed by atoms with Crippen molar-refractivity contribution in [1.82, 2.24) is 0 Å². The summed E-state index contributed by atoms with van der Waals surface area (Å²) in [5.74, 6) is 1.09. The summed E-state index contributed by atoms with van der Waals surface area (Å²) in [6.45, 7) is 5.51. The second-order valence-corrected chi connectivity index (χ2v) is 4.06. The molecular weight excluding hydrogens is 272 g/mol. The zero-order valence-electron chi connectivity index (χ0n) is 9.20. The van der Waals surface area contributed by atoms with Crippen molar-refractivity contribution in [2.75, 3.05) is 7.11 Å². The fraction of sp³-hybridized carbons (Fsp3) is 0.250. The molecule has 0 saturated heterocycles. The summed E-state index contributed by atoms with van der Waals surface area (Å²) in [5, 5.41) is 0. The molecule has 0 aromatic heterocycles. The Kier molecular flexibility index (Phi) is 4.55. The quantitative estimate of drug-likeness (QED) is 0.615.